The van der Waals surface area contributed by atoms with Crippen LogP contribution in [0.3, 0.4) is 0 Å². The van der Waals surface area contributed by atoms with Crippen LogP contribution in [0.2, 0.25) is 0 Å². The highest BCUT2D eigenvalue weighted by Gasteiger charge is 2.19. The Morgan fingerprint density at radius 2 is 0.527 bits per heavy atom. The molecule has 0 N–H and O–H groups in total. The first kappa shape index (κ1) is 71.1. The number of carbonyl (C=O) groups is 3. The van der Waals surface area contributed by atoms with Gasteiger partial charge in [-0.1, -0.05) is 293 Å². The predicted molar refractivity (Wildman–Crippen MR) is 321 cm³/mol. The fourth-order valence-corrected chi connectivity index (χ4v) is 9.43. The van der Waals surface area contributed by atoms with Gasteiger partial charge in [0.25, 0.3) is 0 Å². The lowest BCUT2D eigenvalue weighted by molar-refractivity contribution is -0.167. The molecule has 0 rings (SSSR count). The number of ether oxygens (including phenoxy) is 3. The Labute approximate surface area is 460 Å². The summed E-state index contributed by atoms with van der Waals surface area (Å²) >= 11 is 0. The monoisotopic (exact) mass is 1030 g/mol. The molecular formula is C68H122O6. The van der Waals surface area contributed by atoms with Crippen molar-refractivity contribution in [3.8, 4) is 0 Å². The molecule has 0 saturated carbocycles. The molecule has 74 heavy (non-hydrogen) atoms. The fraction of sp³-hybridized carbons (Fsp3) is 0.809. The van der Waals surface area contributed by atoms with Gasteiger partial charge in [-0.2, -0.15) is 0 Å². The number of esters is 3. The van der Waals surface area contributed by atoms with Gasteiger partial charge in [-0.25, -0.2) is 0 Å². The van der Waals surface area contributed by atoms with Gasteiger partial charge >= 0.3 is 17.9 Å². The molecule has 0 radical (unpaired) electrons. The zero-order valence-corrected chi connectivity index (χ0v) is 49.4. The Bertz CT molecular complexity index is 1330. The van der Waals surface area contributed by atoms with Crippen LogP contribution in [0.5, 0.6) is 0 Å². The number of allylic oxidation sites excluding steroid dienone is 10. The standard InChI is InChI=1S/C68H122O6/c1-4-7-10-13-16-19-22-25-28-29-30-31-32-33-34-35-36-37-38-41-43-46-49-52-55-58-61-67(70)73-64-65(74-68(71)62-59-56-53-50-47-44-40-27-24-21-18-15-12-9-6-3)63-72-66(69)60-57-54-51-48-45-42-39-26-23-20-17-14-11-8-5-2/h9,12,17-18,20-21,26-27,39-40,65H,4-8,10-11,13-16,19,22-25,28-38,41-64H2,1-3H3/b12-9-,20-17-,21-18-,39-26-,40-27-. The van der Waals surface area contributed by atoms with Gasteiger partial charge in [-0.15, -0.1) is 0 Å². The van der Waals surface area contributed by atoms with E-state index in [-0.39, 0.29) is 31.1 Å². The Morgan fingerprint density at radius 1 is 0.284 bits per heavy atom. The molecule has 0 aromatic rings. The summed E-state index contributed by atoms with van der Waals surface area (Å²) in [6, 6.07) is 0. The van der Waals surface area contributed by atoms with E-state index in [4.69, 9.17) is 14.2 Å². The van der Waals surface area contributed by atoms with Gasteiger partial charge in [0, 0.05) is 19.3 Å². The van der Waals surface area contributed by atoms with Crippen molar-refractivity contribution in [2.75, 3.05) is 13.2 Å². The van der Waals surface area contributed by atoms with Crippen molar-refractivity contribution >= 4 is 17.9 Å². The summed E-state index contributed by atoms with van der Waals surface area (Å²) < 4.78 is 16.9. The molecule has 1 unspecified atom stereocenters. The third-order valence-electron chi connectivity index (χ3n) is 14.3. The highest BCUT2D eigenvalue weighted by Crippen LogP contribution is 2.18. The number of hydrogen-bond donors (Lipinski definition) is 0. The zero-order chi connectivity index (χ0) is 53.6. The Hall–Kier alpha value is -2.89. The molecule has 0 bridgehead atoms. The highest BCUT2D eigenvalue weighted by molar-refractivity contribution is 5.71. The second-order valence-electron chi connectivity index (χ2n) is 21.6. The smallest absolute Gasteiger partial charge is 0.306 e. The molecule has 6 heteroatoms. The molecule has 0 fully saturated rings. The molecule has 0 amide bonds. The summed E-state index contributed by atoms with van der Waals surface area (Å²) in [5, 5.41) is 0. The summed E-state index contributed by atoms with van der Waals surface area (Å²) in [7, 11) is 0. The van der Waals surface area contributed by atoms with Crippen LogP contribution in [-0.2, 0) is 28.6 Å². The van der Waals surface area contributed by atoms with Crippen molar-refractivity contribution < 1.29 is 28.6 Å². The van der Waals surface area contributed by atoms with Crippen LogP contribution in [0.1, 0.15) is 335 Å². The Morgan fingerprint density at radius 3 is 0.851 bits per heavy atom. The maximum absolute atomic E-state index is 12.9. The first-order valence-corrected chi connectivity index (χ1v) is 32.3. The van der Waals surface area contributed by atoms with E-state index in [1.807, 2.05) is 0 Å². The minimum Gasteiger partial charge on any atom is -0.462 e. The van der Waals surface area contributed by atoms with Gasteiger partial charge in [-0.3, -0.25) is 14.4 Å². The average molecular weight is 1040 g/mol. The van der Waals surface area contributed by atoms with Gasteiger partial charge in [0.2, 0.25) is 0 Å². The largest absolute Gasteiger partial charge is 0.462 e. The lowest BCUT2D eigenvalue weighted by Gasteiger charge is -2.18. The lowest BCUT2D eigenvalue weighted by Crippen LogP contribution is -2.30. The zero-order valence-electron chi connectivity index (χ0n) is 49.4. The first-order valence-electron chi connectivity index (χ1n) is 32.3. The minimum atomic E-state index is -0.789. The molecule has 430 valence electrons. The summed E-state index contributed by atoms with van der Waals surface area (Å²) in [6.07, 6.45) is 79.5. The van der Waals surface area contributed by atoms with E-state index in [1.54, 1.807) is 0 Å². The Kier molecular flexibility index (Phi) is 60.2. The molecule has 0 aromatic heterocycles. The van der Waals surface area contributed by atoms with E-state index in [9.17, 15) is 14.4 Å². The molecule has 0 heterocycles. The molecular weight excluding hydrogens is 913 g/mol. The minimum absolute atomic E-state index is 0.0831. The van der Waals surface area contributed by atoms with Crippen molar-refractivity contribution in [1.29, 1.82) is 0 Å². The summed E-state index contributed by atoms with van der Waals surface area (Å²) in [5.74, 6) is -0.898. The maximum Gasteiger partial charge on any atom is 0.306 e. The van der Waals surface area contributed by atoms with Crippen LogP contribution < -0.4 is 0 Å². The van der Waals surface area contributed by atoms with E-state index >= 15 is 0 Å². The van der Waals surface area contributed by atoms with E-state index in [0.717, 1.165) is 116 Å². The van der Waals surface area contributed by atoms with E-state index < -0.39 is 6.10 Å². The summed E-state index contributed by atoms with van der Waals surface area (Å²) in [5.41, 5.74) is 0. The van der Waals surface area contributed by atoms with Crippen LogP contribution in [0.25, 0.3) is 0 Å². The van der Waals surface area contributed by atoms with Crippen molar-refractivity contribution in [2.45, 2.75) is 341 Å². The lowest BCUT2D eigenvalue weighted by atomic mass is 10.0. The van der Waals surface area contributed by atoms with Crippen molar-refractivity contribution in [3.05, 3.63) is 60.8 Å². The molecule has 0 aliphatic rings. The van der Waals surface area contributed by atoms with E-state index in [0.29, 0.717) is 19.3 Å². The third kappa shape index (κ3) is 60.0. The Balaban J connectivity index is 4.25. The van der Waals surface area contributed by atoms with Crippen molar-refractivity contribution in [3.63, 3.8) is 0 Å². The SMILES string of the molecule is CC/C=C\C/C=C\C/C=C\CCCCCCCC(=O)OC(COC(=O)CCCCCCC/C=C\C/C=C\CCCCC)COC(=O)CCCCCCCCCCCCCCCCCCCCCCCCCCCC. The molecule has 0 spiro atoms. The van der Waals surface area contributed by atoms with Gasteiger partial charge in [0.15, 0.2) is 6.10 Å². The normalized spacial score (nSPS) is 12.4. The molecule has 0 aromatic carbocycles. The number of carbonyl (C=O) groups excluding carboxylic acids is 3. The molecule has 0 aliphatic heterocycles. The van der Waals surface area contributed by atoms with Crippen molar-refractivity contribution in [2.24, 2.45) is 0 Å². The second-order valence-corrected chi connectivity index (χ2v) is 21.6. The van der Waals surface area contributed by atoms with Crippen LogP contribution in [0.15, 0.2) is 60.8 Å². The van der Waals surface area contributed by atoms with E-state index in [1.165, 1.54) is 180 Å². The van der Waals surface area contributed by atoms with Crippen LogP contribution in [0.4, 0.5) is 0 Å². The van der Waals surface area contributed by atoms with Crippen LogP contribution in [-0.4, -0.2) is 37.2 Å². The summed E-state index contributed by atoms with van der Waals surface area (Å²) in [6.45, 7) is 6.52. The molecule has 6 nitrogen and oxygen atoms in total. The van der Waals surface area contributed by atoms with Gasteiger partial charge in [0.05, 0.1) is 0 Å². The quantitative estimate of drug-likeness (QED) is 0.0261. The predicted octanol–water partition coefficient (Wildman–Crippen LogP) is 21.9. The van der Waals surface area contributed by atoms with Crippen LogP contribution in [0, 0.1) is 0 Å². The first-order chi connectivity index (χ1) is 36.5. The highest BCUT2D eigenvalue weighted by atomic mass is 16.6. The topological polar surface area (TPSA) is 78.9 Å². The average Bonchev–Trinajstić information content (AvgIpc) is 3.40. The molecule has 1 atom stereocenters. The van der Waals surface area contributed by atoms with Gasteiger partial charge in [-0.05, 0) is 83.5 Å². The molecule has 0 aliphatic carbocycles. The third-order valence-corrected chi connectivity index (χ3v) is 14.3. The number of hydrogen-bond acceptors (Lipinski definition) is 6. The van der Waals surface area contributed by atoms with Crippen LogP contribution >= 0.6 is 0 Å². The second kappa shape index (κ2) is 62.6. The maximum atomic E-state index is 12.9. The van der Waals surface area contributed by atoms with E-state index in [2.05, 4.69) is 81.5 Å². The molecule has 0 saturated heterocycles. The van der Waals surface area contributed by atoms with Gasteiger partial charge < -0.3 is 14.2 Å². The van der Waals surface area contributed by atoms with Gasteiger partial charge in [0.1, 0.15) is 13.2 Å². The fourth-order valence-electron chi connectivity index (χ4n) is 9.43. The number of unbranched alkanes of at least 4 members (excludes halogenated alkanes) is 38. The summed E-state index contributed by atoms with van der Waals surface area (Å²) in [4.78, 5) is 38.3. The number of rotatable bonds is 59. The van der Waals surface area contributed by atoms with Crippen molar-refractivity contribution in [1.82, 2.24) is 0 Å².